The van der Waals surface area contributed by atoms with Gasteiger partial charge >= 0.3 is 6.03 Å². The van der Waals surface area contributed by atoms with E-state index in [1.807, 2.05) is 29.4 Å². The van der Waals surface area contributed by atoms with Crippen LogP contribution in [0.2, 0.25) is 0 Å². The van der Waals surface area contributed by atoms with E-state index >= 15 is 0 Å². The molecule has 6 heteroatoms. The first kappa shape index (κ1) is 15.1. The van der Waals surface area contributed by atoms with Crippen LogP contribution in [0.3, 0.4) is 0 Å². The van der Waals surface area contributed by atoms with Gasteiger partial charge in [-0.3, -0.25) is 4.68 Å². The van der Waals surface area contributed by atoms with Crippen LogP contribution in [0.1, 0.15) is 54.4 Å². The maximum Gasteiger partial charge on any atom is 0.315 e. The third-order valence-electron chi connectivity index (χ3n) is 4.28. The molecular weight excluding hydrogens is 296 g/mol. The average Bonchev–Trinajstić information content (AvgIpc) is 3.16. The van der Waals surface area contributed by atoms with Gasteiger partial charge in [-0.1, -0.05) is 13.0 Å². The lowest BCUT2D eigenvalue weighted by molar-refractivity contribution is 0.231. The number of carbonyl (C=O) groups is 1. The van der Waals surface area contributed by atoms with Gasteiger partial charge in [-0.2, -0.15) is 5.10 Å². The molecule has 3 rings (SSSR count). The number of nitrogens with zero attached hydrogens (tertiary/aromatic N) is 2. The van der Waals surface area contributed by atoms with Gasteiger partial charge in [-0.05, 0) is 37.1 Å². The Kier molecular flexibility index (Phi) is 4.47. The van der Waals surface area contributed by atoms with E-state index in [2.05, 4.69) is 28.7 Å². The lowest BCUT2D eigenvalue weighted by atomic mass is 9.93. The molecular formula is C16H22N4OS. The first-order valence-electron chi connectivity index (χ1n) is 7.80. The molecule has 22 heavy (non-hydrogen) atoms. The molecule has 2 atom stereocenters. The van der Waals surface area contributed by atoms with Crippen LogP contribution in [-0.4, -0.2) is 15.8 Å². The van der Waals surface area contributed by atoms with E-state index in [0.29, 0.717) is 0 Å². The first-order chi connectivity index (χ1) is 10.7. The van der Waals surface area contributed by atoms with Crippen molar-refractivity contribution >= 4 is 17.4 Å². The van der Waals surface area contributed by atoms with E-state index in [0.717, 1.165) is 31.2 Å². The molecule has 2 aromatic heterocycles. The van der Waals surface area contributed by atoms with Gasteiger partial charge in [0.25, 0.3) is 0 Å². The summed E-state index contributed by atoms with van der Waals surface area (Å²) in [5, 5.41) is 12.6. The number of fused-ring (bicyclic) bond motifs is 1. The molecule has 2 aromatic rings. The summed E-state index contributed by atoms with van der Waals surface area (Å²) in [5.41, 5.74) is 2.40. The SMILES string of the molecule is CC[C@@H](NC(=O)N[C@@H]1CCCc2c1cnn2C)c1cccs1. The van der Waals surface area contributed by atoms with Crippen molar-refractivity contribution in [3.05, 3.63) is 39.8 Å². The highest BCUT2D eigenvalue weighted by Crippen LogP contribution is 2.29. The van der Waals surface area contributed by atoms with Crippen molar-refractivity contribution in [1.29, 1.82) is 0 Å². The van der Waals surface area contributed by atoms with Crippen molar-refractivity contribution in [3.63, 3.8) is 0 Å². The standard InChI is InChI=1S/C16H22N4OS/c1-3-12(15-8-5-9-22-15)18-16(21)19-13-6-4-7-14-11(13)10-17-20(14)2/h5,8-10,12-13H,3-4,6-7H2,1-2H3,(H2,18,19,21)/t12-,13-/m1/s1. The molecule has 2 heterocycles. The summed E-state index contributed by atoms with van der Waals surface area (Å²) in [5.74, 6) is 0. The molecule has 2 N–H and O–H groups in total. The average molecular weight is 318 g/mol. The molecule has 2 amide bonds. The molecule has 1 aliphatic rings. The van der Waals surface area contributed by atoms with Gasteiger partial charge < -0.3 is 10.6 Å². The van der Waals surface area contributed by atoms with Gasteiger partial charge in [0.05, 0.1) is 18.3 Å². The lowest BCUT2D eigenvalue weighted by Crippen LogP contribution is -2.40. The monoisotopic (exact) mass is 318 g/mol. The second-order valence-corrected chi connectivity index (χ2v) is 6.69. The third-order valence-corrected chi connectivity index (χ3v) is 5.27. The summed E-state index contributed by atoms with van der Waals surface area (Å²) in [7, 11) is 1.96. The summed E-state index contributed by atoms with van der Waals surface area (Å²) in [6, 6.07) is 4.14. The van der Waals surface area contributed by atoms with E-state index in [1.54, 1.807) is 11.3 Å². The number of thiophene rings is 1. The summed E-state index contributed by atoms with van der Waals surface area (Å²) >= 11 is 1.68. The lowest BCUT2D eigenvalue weighted by Gasteiger charge is -2.25. The Labute approximate surface area is 134 Å². The quantitative estimate of drug-likeness (QED) is 0.908. The molecule has 1 aliphatic carbocycles. The zero-order valence-corrected chi connectivity index (χ0v) is 13.8. The maximum atomic E-state index is 12.3. The third kappa shape index (κ3) is 3.02. The summed E-state index contributed by atoms with van der Waals surface area (Å²) < 4.78 is 1.92. The summed E-state index contributed by atoms with van der Waals surface area (Å²) in [4.78, 5) is 13.5. The van der Waals surface area contributed by atoms with E-state index < -0.39 is 0 Å². The Morgan fingerprint density at radius 2 is 2.45 bits per heavy atom. The largest absolute Gasteiger partial charge is 0.331 e. The molecule has 0 fully saturated rings. The van der Waals surface area contributed by atoms with Gasteiger partial charge in [-0.15, -0.1) is 11.3 Å². The highest BCUT2D eigenvalue weighted by atomic mass is 32.1. The minimum atomic E-state index is -0.0954. The minimum absolute atomic E-state index is 0.0679. The van der Waals surface area contributed by atoms with E-state index in [4.69, 9.17) is 0 Å². The van der Waals surface area contributed by atoms with Crippen LogP contribution in [0.25, 0.3) is 0 Å². The van der Waals surface area contributed by atoms with Crippen LogP contribution in [0, 0.1) is 0 Å². The highest BCUT2D eigenvalue weighted by molar-refractivity contribution is 7.10. The highest BCUT2D eigenvalue weighted by Gasteiger charge is 2.25. The Morgan fingerprint density at radius 3 is 3.18 bits per heavy atom. The molecule has 0 aliphatic heterocycles. The number of aromatic nitrogens is 2. The van der Waals surface area contributed by atoms with Gasteiger partial charge in [-0.25, -0.2) is 4.79 Å². The number of hydrogen-bond donors (Lipinski definition) is 2. The maximum absolute atomic E-state index is 12.3. The van der Waals surface area contributed by atoms with Crippen LogP contribution in [0.15, 0.2) is 23.7 Å². The molecule has 0 spiro atoms. The number of carbonyl (C=O) groups excluding carboxylic acids is 1. The van der Waals surface area contributed by atoms with Crippen molar-refractivity contribution in [2.75, 3.05) is 0 Å². The minimum Gasteiger partial charge on any atom is -0.331 e. The van der Waals surface area contributed by atoms with Crippen LogP contribution < -0.4 is 10.6 Å². The molecule has 5 nitrogen and oxygen atoms in total. The van der Waals surface area contributed by atoms with Crippen molar-refractivity contribution in [2.24, 2.45) is 7.05 Å². The number of urea groups is 1. The Bertz CT molecular complexity index is 635. The number of nitrogens with one attached hydrogen (secondary N) is 2. The number of hydrogen-bond acceptors (Lipinski definition) is 3. The smallest absolute Gasteiger partial charge is 0.315 e. The van der Waals surface area contributed by atoms with Gasteiger partial charge in [0.2, 0.25) is 0 Å². The Hall–Kier alpha value is -1.82. The van der Waals surface area contributed by atoms with Crippen molar-refractivity contribution in [1.82, 2.24) is 20.4 Å². The van der Waals surface area contributed by atoms with E-state index in [9.17, 15) is 4.79 Å². The normalized spacial score (nSPS) is 18.5. The number of amides is 2. The van der Waals surface area contributed by atoms with Crippen LogP contribution >= 0.6 is 11.3 Å². The van der Waals surface area contributed by atoms with E-state index in [1.165, 1.54) is 10.6 Å². The topological polar surface area (TPSA) is 59.0 Å². The van der Waals surface area contributed by atoms with Gasteiger partial charge in [0.15, 0.2) is 0 Å². The number of aryl methyl sites for hydroxylation is 1. The van der Waals surface area contributed by atoms with Gasteiger partial charge in [0.1, 0.15) is 0 Å². The molecule has 0 radical (unpaired) electrons. The Morgan fingerprint density at radius 1 is 1.59 bits per heavy atom. The second kappa shape index (κ2) is 6.52. The molecule has 0 saturated carbocycles. The van der Waals surface area contributed by atoms with E-state index in [-0.39, 0.29) is 18.1 Å². The van der Waals surface area contributed by atoms with Crippen molar-refractivity contribution < 1.29 is 4.79 Å². The summed E-state index contributed by atoms with van der Waals surface area (Å²) in [6.07, 6.45) is 5.87. The number of rotatable bonds is 4. The zero-order valence-electron chi connectivity index (χ0n) is 13.0. The molecule has 0 bridgehead atoms. The zero-order chi connectivity index (χ0) is 15.5. The molecule has 0 aromatic carbocycles. The van der Waals surface area contributed by atoms with Crippen LogP contribution in [-0.2, 0) is 13.5 Å². The fraction of sp³-hybridized carbons (Fsp3) is 0.500. The first-order valence-corrected chi connectivity index (χ1v) is 8.68. The van der Waals surface area contributed by atoms with Crippen LogP contribution in [0.5, 0.6) is 0 Å². The second-order valence-electron chi connectivity index (χ2n) is 5.71. The summed E-state index contributed by atoms with van der Waals surface area (Å²) in [6.45, 7) is 2.09. The predicted octanol–water partition coefficient (Wildman–Crippen LogP) is 3.31. The molecule has 0 saturated heterocycles. The van der Waals surface area contributed by atoms with Crippen LogP contribution in [0.4, 0.5) is 4.79 Å². The van der Waals surface area contributed by atoms with Gasteiger partial charge in [0, 0.05) is 23.2 Å². The Balaban J connectivity index is 1.65. The molecule has 118 valence electrons. The fourth-order valence-corrected chi connectivity index (χ4v) is 3.94. The fourth-order valence-electron chi connectivity index (χ4n) is 3.08. The molecule has 0 unspecified atom stereocenters. The predicted molar refractivity (Wildman–Crippen MR) is 87.9 cm³/mol. The van der Waals surface area contributed by atoms with Crippen molar-refractivity contribution in [3.8, 4) is 0 Å². The van der Waals surface area contributed by atoms with Crippen molar-refractivity contribution in [2.45, 2.75) is 44.7 Å².